The molecule has 2 aromatic carbocycles. The Bertz CT molecular complexity index is 810. The van der Waals surface area contributed by atoms with Crippen LogP contribution in [0.4, 0.5) is 0 Å². The molecule has 2 rings (SSSR count). The lowest BCUT2D eigenvalue weighted by Crippen LogP contribution is -2.50. The van der Waals surface area contributed by atoms with E-state index in [0.717, 1.165) is 12.0 Å². The minimum atomic E-state index is -0.622. The van der Waals surface area contributed by atoms with Crippen LogP contribution in [0.3, 0.4) is 0 Å². The third kappa shape index (κ3) is 5.42. The van der Waals surface area contributed by atoms with E-state index in [1.165, 1.54) is 0 Å². The summed E-state index contributed by atoms with van der Waals surface area (Å²) in [6, 6.07) is 17.2. The van der Waals surface area contributed by atoms with Gasteiger partial charge in [-0.1, -0.05) is 50.6 Å². The standard InChI is InChI=1S/C22H25N3O2/c1-4-15(2)20(25-21(26)19-8-6-5-7-9-19)22(27)24-16(3)18-12-10-17(14-23)11-13-18/h5-13,15-16,20H,4H2,1-3H3,(H,24,27)(H,25,26). The van der Waals surface area contributed by atoms with Crippen LogP contribution in [0.5, 0.6) is 0 Å². The number of nitrogens with one attached hydrogen (secondary N) is 2. The molecule has 0 aliphatic heterocycles. The number of carbonyl (C=O) groups is 2. The number of nitrogens with zero attached hydrogens (tertiary/aromatic N) is 1. The zero-order valence-electron chi connectivity index (χ0n) is 15.9. The number of hydrogen-bond acceptors (Lipinski definition) is 3. The van der Waals surface area contributed by atoms with Gasteiger partial charge in [-0.25, -0.2) is 0 Å². The molecule has 0 radical (unpaired) electrons. The Morgan fingerprint density at radius 1 is 1.00 bits per heavy atom. The Morgan fingerprint density at radius 2 is 1.63 bits per heavy atom. The maximum atomic E-state index is 12.8. The van der Waals surface area contributed by atoms with Gasteiger partial charge in [0.1, 0.15) is 6.04 Å². The van der Waals surface area contributed by atoms with Gasteiger partial charge in [-0.05, 0) is 42.7 Å². The van der Waals surface area contributed by atoms with Crippen LogP contribution in [0.15, 0.2) is 54.6 Å². The van der Waals surface area contributed by atoms with Crippen molar-refractivity contribution >= 4 is 11.8 Å². The van der Waals surface area contributed by atoms with Gasteiger partial charge in [-0.15, -0.1) is 0 Å². The molecular formula is C22H25N3O2. The highest BCUT2D eigenvalue weighted by Gasteiger charge is 2.27. The third-order valence-electron chi connectivity index (χ3n) is 4.72. The predicted octanol–water partition coefficient (Wildman–Crippen LogP) is 3.58. The number of carbonyl (C=O) groups excluding carboxylic acids is 2. The first kappa shape index (κ1) is 20.2. The molecule has 140 valence electrons. The van der Waals surface area contributed by atoms with Crippen molar-refractivity contribution in [2.45, 2.75) is 39.3 Å². The van der Waals surface area contributed by atoms with Crippen molar-refractivity contribution in [1.29, 1.82) is 5.26 Å². The van der Waals surface area contributed by atoms with Crippen molar-refractivity contribution in [1.82, 2.24) is 10.6 Å². The summed E-state index contributed by atoms with van der Waals surface area (Å²) in [6.45, 7) is 5.82. The zero-order chi connectivity index (χ0) is 19.8. The Labute approximate surface area is 160 Å². The molecule has 0 spiro atoms. The van der Waals surface area contributed by atoms with E-state index in [1.807, 2.05) is 39.0 Å². The average molecular weight is 363 g/mol. The maximum Gasteiger partial charge on any atom is 0.251 e. The lowest BCUT2D eigenvalue weighted by atomic mass is 9.97. The van der Waals surface area contributed by atoms with Gasteiger partial charge in [-0.3, -0.25) is 9.59 Å². The summed E-state index contributed by atoms with van der Waals surface area (Å²) in [7, 11) is 0. The quantitative estimate of drug-likeness (QED) is 0.789. The molecule has 5 heteroatoms. The van der Waals surface area contributed by atoms with E-state index in [0.29, 0.717) is 11.1 Å². The Hall–Kier alpha value is -3.13. The van der Waals surface area contributed by atoms with Crippen LogP contribution < -0.4 is 10.6 Å². The molecule has 0 saturated heterocycles. The second kappa shape index (κ2) is 9.54. The molecule has 3 atom stereocenters. The van der Waals surface area contributed by atoms with E-state index >= 15 is 0 Å². The van der Waals surface area contributed by atoms with Crippen LogP contribution >= 0.6 is 0 Å². The van der Waals surface area contributed by atoms with Crippen LogP contribution in [0.2, 0.25) is 0 Å². The summed E-state index contributed by atoms with van der Waals surface area (Å²) in [5, 5.41) is 14.7. The van der Waals surface area contributed by atoms with Gasteiger partial charge >= 0.3 is 0 Å². The number of hydrogen-bond donors (Lipinski definition) is 2. The van der Waals surface area contributed by atoms with Gasteiger partial charge in [0.25, 0.3) is 5.91 Å². The number of nitriles is 1. The van der Waals surface area contributed by atoms with E-state index in [-0.39, 0.29) is 23.8 Å². The molecule has 0 fully saturated rings. The fourth-order valence-electron chi connectivity index (χ4n) is 2.75. The highest BCUT2D eigenvalue weighted by molar-refractivity contribution is 5.97. The first-order valence-electron chi connectivity index (χ1n) is 9.12. The smallest absolute Gasteiger partial charge is 0.251 e. The highest BCUT2D eigenvalue weighted by Crippen LogP contribution is 2.15. The largest absolute Gasteiger partial charge is 0.348 e. The minimum absolute atomic E-state index is 0.00849. The van der Waals surface area contributed by atoms with Crippen molar-refractivity contribution in [2.24, 2.45) is 5.92 Å². The zero-order valence-corrected chi connectivity index (χ0v) is 15.9. The Morgan fingerprint density at radius 3 is 2.19 bits per heavy atom. The molecule has 5 nitrogen and oxygen atoms in total. The van der Waals surface area contributed by atoms with Crippen molar-refractivity contribution in [3.05, 3.63) is 71.3 Å². The van der Waals surface area contributed by atoms with Crippen molar-refractivity contribution in [3.63, 3.8) is 0 Å². The van der Waals surface area contributed by atoms with E-state index < -0.39 is 6.04 Å². The van der Waals surface area contributed by atoms with Crippen molar-refractivity contribution < 1.29 is 9.59 Å². The molecule has 0 aliphatic carbocycles. The molecule has 2 aromatic rings. The Balaban J connectivity index is 2.09. The maximum absolute atomic E-state index is 12.8. The minimum Gasteiger partial charge on any atom is -0.348 e. The molecule has 0 aliphatic rings. The second-order valence-electron chi connectivity index (χ2n) is 6.67. The third-order valence-corrected chi connectivity index (χ3v) is 4.72. The number of rotatable bonds is 7. The van der Waals surface area contributed by atoms with E-state index in [9.17, 15) is 9.59 Å². The van der Waals surface area contributed by atoms with Crippen LogP contribution in [0, 0.1) is 17.2 Å². The lowest BCUT2D eigenvalue weighted by Gasteiger charge is -2.25. The summed E-state index contributed by atoms with van der Waals surface area (Å²) in [4.78, 5) is 25.3. The molecular weight excluding hydrogens is 338 g/mol. The number of benzene rings is 2. The fourth-order valence-corrected chi connectivity index (χ4v) is 2.75. The van der Waals surface area contributed by atoms with E-state index in [4.69, 9.17) is 5.26 Å². The molecule has 0 heterocycles. The molecule has 27 heavy (non-hydrogen) atoms. The topological polar surface area (TPSA) is 82.0 Å². The first-order valence-corrected chi connectivity index (χ1v) is 9.12. The fraction of sp³-hybridized carbons (Fsp3) is 0.318. The molecule has 3 unspecified atom stereocenters. The highest BCUT2D eigenvalue weighted by atomic mass is 16.2. The Kier molecular flexibility index (Phi) is 7.13. The summed E-state index contributed by atoms with van der Waals surface area (Å²) in [5.74, 6) is -0.488. The van der Waals surface area contributed by atoms with Crippen molar-refractivity contribution in [3.8, 4) is 6.07 Å². The normalized spacial score (nSPS) is 13.7. The van der Waals surface area contributed by atoms with Gasteiger partial charge in [0.2, 0.25) is 5.91 Å². The van der Waals surface area contributed by atoms with Gasteiger partial charge in [-0.2, -0.15) is 5.26 Å². The predicted molar refractivity (Wildman–Crippen MR) is 105 cm³/mol. The average Bonchev–Trinajstić information content (AvgIpc) is 2.71. The monoisotopic (exact) mass is 363 g/mol. The van der Waals surface area contributed by atoms with Gasteiger partial charge in [0, 0.05) is 5.56 Å². The van der Waals surface area contributed by atoms with E-state index in [2.05, 4.69) is 16.7 Å². The van der Waals surface area contributed by atoms with Gasteiger partial charge < -0.3 is 10.6 Å². The van der Waals surface area contributed by atoms with Crippen LogP contribution in [-0.4, -0.2) is 17.9 Å². The van der Waals surface area contributed by atoms with Crippen molar-refractivity contribution in [2.75, 3.05) is 0 Å². The van der Waals surface area contributed by atoms with Crippen LogP contribution in [0.1, 0.15) is 54.7 Å². The summed E-state index contributed by atoms with van der Waals surface area (Å²) in [6.07, 6.45) is 0.762. The molecule has 2 N–H and O–H groups in total. The molecule has 0 bridgehead atoms. The first-order chi connectivity index (χ1) is 13.0. The van der Waals surface area contributed by atoms with Gasteiger partial charge in [0.15, 0.2) is 0 Å². The lowest BCUT2D eigenvalue weighted by molar-refractivity contribution is -0.124. The number of amides is 2. The summed E-state index contributed by atoms with van der Waals surface area (Å²) < 4.78 is 0. The second-order valence-corrected chi connectivity index (χ2v) is 6.67. The molecule has 0 aromatic heterocycles. The summed E-state index contributed by atoms with van der Waals surface area (Å²) in [5.41, 5.74) is 2.00. The molecule has 2 amide bonds. The van der Waals surface area contributed by atoms with E-state index in [1.54, 1.807) is 36.4 Å². The summed E-state index contributed by atoms with van der Waals surface area (Å²) >= 11 is 0. The van der Waals surface area contributed by atoms with Crippen LogP contribution in [-0.2, 0) is 4.79 Å². The van der Waals surface area contributed by atoms with Crippen LogP contribution in [0.25, 0.3) is 0 Å². The SMILES string of the molecule is CCC(C)C(NC(=O)c1ccccc1)C(=O)NC(C)c1ccc(C#N)cc1. The van der Waals surface area contributed by atoms with Gasteiger partial charge in [0.05, 0.1) is 17.7 Å². The molecule has 0 saturated carbocycles.